The molecule has 0 unspecified atom stereocenters. The molecule has 0 heterocycles. The van der Waals surface area contributed by atoms with Crippen LogP contribution in [0.3, 0.4) is 0 Å². The van der Waals surface area contributed by atoms with Gasteiger partial charge in [0.05, 0.1) is 30.9 Å². The van der Waals surface area contributed by atoms with E-state index in [0.29, 0.717) is 45.9 Å². The molecule has 0 saturated heterocycles. The molecule has 0 fully saturated rings. The molecule has 0 bridgehead atoms. The standard InChI is InChI=1S/C27H29Cl2N3O5S/c1-3-14-37-25-13-10-20(15-26(25)36-4-2)17-30-31-27(33)19-32(18-21-11-12-22(28)16-24(21)29)38(34,35)23-8-6-5-7-9-23/h5-13,15-17H,3-4,14,18-19H2,1-2H3,(H,31,33)/b30-17-. The van der Waals surface area contributed by atoms with E-state index in [2.05, 4.69) is 10.5 Å². The number of halogens is 2. The van der Waals surface area contributed by atoms with Gasteiger partial charge in [0.2, 0.25) is 10.0 Å². The van der Waals surface area contributed by atoms with Crippen LogP contribution in [0.4, 0.5) is 0 Å². The predicted molar refractivity (Wildman–Crippen MR) is 150 cm³/mol. The summed E-state index contributed by atoms with van der Waals surface area (Å²) in [6, 6.07) is 17.9. The third-order valence-corrected chi connectivity index (χ3v) is 7.59. The van der Waals surface area contributed by atoms with Gasteiger partial charge in [0.25, 0.3) is 5.91 Å². The van der Waals surface area contributed by atoms with Crippen molar-refractivity contribution in [2.45, 2.75) is 31.7 Å². The highest BCUT2D eigenvalue weighted by Crippen LogP contribution is 2.28. The molecule has 202 valence electrons. The zero-order chi connectivity index (χ0) is 27.5. The number of carbonyl (C=O) groups excluding carboxylic acids is 1. The van der Waals surface area contributed by atoms with Crippen LogP contribution in [0.5, 0.6) is 11.5 Å². The quantitative estimate of drug-likeness (QED) is 0.213. The lowest BCUT2D eigenvalue weighted by atomic mass is 10.2. The molecule has 0 aliphatic carbocycles. The highest BCUT2D eigenvalue weighted by molar-refractivity contribution is 7.89. The van der Waals surface area contributed by atoms with E-state index >= 15 is 0 Å². The van der Waals surface area contributed by atoms with Crippen molar-refractivity contribution in [1.29, 1.82) is 0 Å². The number of benzene rings is 3. The molecule has 1 N–H and O–H groups in total. The van der Waals surface area contributed by atoms with Gasteiger partial charge in [-0.1, -0.05) is 54.4 Å². The number of nitrogens with one attached hydrogen (secondary N) is 1. The Bertz CT molecular complexity index is 1370. The second kappa shape index (κ2) is 14.2. The van der Waals surface area contributed by atoms with Crippen molar-refractivity contribution in [3.8, 4) is 11.5 Å². The molecule has 11 heteroatoms. The third kappa shape index (κ3) is 8.19. The molecule has 8 nitrogen and oxygen atoms in total. The minimum Gasteiger partial charge on any atom is -0.490 e. The van der Waals surface area contributed by atoms with E-state index in [4.69, 9.17) is 32.7 Å². The van der Waals surface area contributed by atoms with Gasteiger partial charge in [0.1, 0.15) is 0 Å². The first kappa shape index (κ1) is 29.4. The van der Waals surface area contributed by atoms with Gasteiger partial charge in [0.15, 0.2) is 11.5 Å². The normalized spacial score (nSPS) is 11.6. The first-order valence-corrected chi connectivity index (χ1v) is 14.1. The summed E-state index contributed by atoms with van der Waals surface area (Å²) in [5.41, 5.74) is 3.56. The maximum absolute atomic E-state index is 13.4. The molecule has 3 rings (SSSR count). The first-order valence-electron chi connectivity index (χ1n) is 11.9. The first-order chi connectivity index (χ1) is 18.2. The lowest BCUT2D eigenvalue weighted by Gasteiger charge is -2.22. The van der Waals surface area contributed by atoms with Gasteiger partial charge < -0.3 is 9.47 Å². The number of hydrogen-bond acceptors (Lipinski definition) is 6. The Morgan fingerprint density at radius 2 is 1.76 bits per heavy atom. The van der Waals surface area contributed by atoms with Crippen LogP contribution in [-0.4, -0.2) is 44.6 Å². The van der Waals surface area contributed by atoms with Gasteiger partial charge in [-0.05, 0) is 66.9 Å². The smallest absolute Gasteiger partial charge is 0.255 e. The lowest BCUT2D eigenvalue weighted by Crippen LogP contribution is -2.39. The second-order valence-corrected chi connectivity index (χ2v) is 10.9. The Kier molecular flexibility index (Phi) is 11.0. The Balaban J connectivity index is 1.76. The van der Waals surface area contributed by atoms with Crippen LogP contribution in [-0.2, 0) is 21.4 Å². The molecule has 3 aromatic carbocycles. The highest BCUT2D eigenvalue weighted by Gasteiger charge is 2.27. The van der Waals surface area contributed by atoms with Crippen LogP contribution in [0.15, 0.2) is 76.7 Å². The summed E-state index contributed by atoms with van der Waals surface area (Å²) in [4.78, 5) is 12.8. The van der Waals surface area contributed by atoms with Crippen LogP contribution in [0.1, 0.15) is 31.4 Å². The third-order valence-electron chi connectivity index (χ3n) is 5.19. The molecule has 0 saturated carbocycles. The average Bonchev–Trinajstić information content (AvgIpc) is 2.90. The number of nitrogens with zero attached hydrogens (tertiary/aromatic N) is 2. The van der Waals surface area contributed by atoms with E-state index in [1.165, 1.54) is 24.4 Å². The van der Waals surface area contributed by atoms with Crippen molar-refractivity contribution in [2.24, 2.45) is 5.10 Å². The van der Waals surface area contributed by atoms with Gasteiger partial charge in [0, 0.05) is 16.6 Å². The van der Waals surface area contributed by atoms with Gasteiger partial charge in [-0.2, -0.15) is 9.41 Å². The van der Waals surface area contributed by atoms with Crippen molar-refractivity contribution in [2.75, 3.05) is 19.8 Å². The number of carbonyl (C=O) groups is 1. The van der Waals surface area contributed by atoms with Crippen molar-refractivity contribution in [3.63, 3.8) is 0 Å². The number of ether oxygens (including phenoxy) is 2. The molecule has 0 spiro atoms. The molecular weight excluding hydrogens is 549 g/mol. The second-order valence-electron chi connectivity index (χ2n) is 8.10. The summed E-state index contributed by atoms with van der Waals surface area (Å²) >= 11 is 12.3. The van der Waals surface area contributed by atoms with E-state index in [9.17, 15) is 13.2 Å². The summed E-state index contributed by atoms with van der Waals surface area (Å²) in [5, 5.41) is 4.70. The van der Waals surface area contributed by atoms with Gasteiger partial charge in [-0.3, -0.25) is 4.79 Å². The lowest BCUT2D eigenvalue weighted by molar-refractivity contribution is -0.121. The minimum atomic E-state index is -4.02. The SMILES string of the molecule is CCCOc1ccc(/C=N\NC(=O)CN(Cc2ccc(Cl)cc2Cl)S(=O)(=O)c2ccccc2)cc1OCC. The van der Waals surface area contributed by atoms with Crippen molar-refractivity contribution in [3.05, 3.63) is 87.9 Å². The number of hydrazone groups is 1. The van der Waals surface area contributed by atoms with E-state index in [1.54, 1.807) is 48.5 Å². The monoisotopic (exact) mass is 577 g/mol. The summed E-state index contributed by atoms with van der Waals surface area (Å²) in [6.45, 7) is 4.29. The van der Waals surface area contributed by atoms with E-state index < -0.39 is 22.5 Å². The van der Waals surface area contributed by atoms with Crippen LogP contribution in [0.2, 0.25) is 10.0 Å². The molecular formula is C27H29Cl2N3O5S. The Labute approximate surface area is 233 Å². The van der Waals surface area contributed by atoms with E-state index in [0.717, 1.165) is 10.7 Å². The van der Waals surface area contributed by atoms with Crippen LogP contribution in [0, 0.1) is 0 Å². The Morgan fingerprint density at radius 3 is 2.45 bits per heavy atom. The highest BCUT2D eigenvalue weighted by atomic mass is 35.5. The molecule has 1 amide bonds. The molecule has 38 heavy (non-hydrogen) atoms. The summed E-state index contributed by atoms with van der Waals surface area (Å²) in [6.07, 6.45) is 2.30. The molecule has 0 radical (unpaired) electrons. The zero-order valence-corrected chi connectivity index (χ0v) is 23.4. The van der Waals surface area contributed by atoms with Crippen molar-refractivity contribution >= 4 is 45.3 Å². The number of rotatable bonds is 13. The Morgan fingerprint density at radius 1 is 1.00 bits per heavy atom. The van der Waals surface area contributed by atoms with Crippen molar-refractivity contribution < 1.29 is 22.7 Å². The fraction of sp³-hybridized carbons (Fsp3) is 0.259. The topological polar surface area (TPSA) is 97.3 Å². The van der Waals surface area contributed by atoms with Crippen LogP contribution < -0.4 is 14.9 Å². The average molecular weight is 579 g/mol. The van der Waals surface area contributed by atoms with Crippen LogP contribution in [0.25, 0.3) is 0 Å². The molecule has 0 aliphatic rings. The van der Waals surface area contributed by atoms with Crippen LogP contribution >= 0.6 is 23.2 Å². The summed E-state index contributed by atoms with van der Waals surface area (Å²) < 4.78 is 39.1. The fourth-order valence-corrected chi connectivity index (χ4v) is 5.25. The summed E-state index contributed by atoms with van der Waals surface area (Å²) in [5.74, 6) is 0.562. The molecule has 0 aromatic heterocycles. The number of hydrogen-bond donors (Lipinski definition) is 1. The number of sulfonamides is 1. The van der Waals surface area contributed by atoms with E-state index in [-0.39, 0.29) is 11.4 Å². The minimum absolute atomic E-state index is 0.0511. The van der Waals surface area contributed by atoms with Crippen molar-refractivity contribution in [1.82, 2.24) is 9.73 Å². The number of amides is 1. The Hall–Kier alpha value is -3.11. The van der Waals surface area contributed by atoms with E-state index in [1.807, 2.05) is 13.8 Å². The maximum atomic E-state index is 13.4. The van der Waals surface area contributed by atoms with Gasteiger partial charge >= 0.3 is 0 Å². The molecule has 3 aromatic rings. The largest absolute Gasteiger partial charge is 0.490 e. The summed E-state index contributed by atoms with van der Waals surface area (Å²) in [7, 11) is -4.02. The zero-order valence-electron chi connectivity index (χ0n) is 21.1. The molecule has 0 aliphatic heterocycles. The predicted octanol–water partition coefficient (Wildman–Crippen LogP) is 5.52. The van der Waals surface area contributed by atoms with Gasteiger partial charge in [-0.15, -0.1) is 0 Å². The van der Waals surface area contributed by atoms with Gasteiger partial charge in [-0.25, -0.2) is 13.8 Å². The molecule has 0 atom stereocenters. The maximum Gasteiger partial charge on any atom is 0.255 e. The fourth-order valence-electron chi connectivity index (χ4n) is 3.39.